The molecule has 0 spiro atoms. The zero-order valence-electron chi connectivity index (χ0n) is 17.7. The number of para-hydroxylation sites is 1. The van der Waals surface area contributed by atoms with Crippen LogP contribution in [0, 0.1) is 0 Å². The van der Waals surface area contributed by atoms with Crippen LogP contribution in [0.4, 0.5) is 5.69 Å². The molecule has 0 aromatic heterocycles. The van der Waals surface area contributed by atoms with Gasteiger partial charge in [0.1, 0.15) is 0 Å². The number of piperazine rings is 1. The van der Waals surface area contributed by atoms with Gasteiger partial charge in [0.25, 0.3) is 0 Å². The SMILES string of the molecule is CS(=O)c1ccc(C(=O)CCCCN2CCN(c3ccccc3)CC2)cc1S(N)(=O)=O. The molecule has 0 bridgehead atoms. The average molecular weight is 464 g/mol. The first-order valence-electron chi connectivity index (χ1n) is 10.3. The minimum absolute atomic E-state index is 0.119. The molecule has 0 aliphatic carbocycles. The lowest BCUT2D eigenvalue weighted by atomic mass is 10.1. The van der Waals surface area contributed by atoms with Crippen molar-refractivity contribution in [3.63, 3.8) is 0 Å². The number of sulfonamides is 1. The second-order valence-corrected chi connectivity index (χ2v) is 10.6. The van der Waals surface area contributed by atoms with E-state index in [0.717, 1.165) is 45.6 Å². The van der Waals surface area contributed by atoms with Crippen LogP contribution in [-0.4, -0.2) is 62.3 Å². The summed E-state index contributed by atoms with van der Waals surface area (Å²) in [6, 6.07) is 14.6. The number of Topliss-reactive ketones (excluding diaryl/α,β-unsaturated/α-hetero) is 1. The smallest absolute Gasteiger partial charge is 0.239 e. The molecule has 168 valence electrons. The van der Waals surface area contributed by atoms with E-state index in [1.54, 1.807) is 0 Å². The van der Waals surface area contributed by atoms with E-state index < -0.39 is 20.8 Å². The summed E-state index contributed by atoms with van der Waals surface area (Å²) in [5, 5.41) is 5.23. The summed E-state index contributed by atoms with van der Waals surface area (Å²) in [6.45, 7) is 4.91. The van der Waals surface area contributed by atoms with Gasteiger partial charge in [-0.15, -0.1) is 0 Å². The number of benzene rings is 2. The number of nitrogens with two attached hydrogens (primary N) is 1. The number of hydrogen-bond acceptors (Lipinski definition) is 6. The van der Waals surface area contributed by atoms with E-state index >= 15 is 0 Å². The van der Waals surface area contributed by atoms with E-state index in [0.29, 0.717) is 6.42 Å². The van der Waals surface area contributed by atoms with Gasteiger partial charge in [0.2, 0.25) is 10.0 Å². The molecule has 1 atom stereocenters. The van der Waals surface area contributed by atoms with Gasteiger partial charge >= 0.3 is 0 Å². The highest BCUT2D eigenvalue weighted by atomic mass is 32.2. The lowest BCUT2D eigenvalue weighted by Crippen LogP contribution is -2.46. The number of ketones is 1. The molecule has 1 unspecified atom stereocenters. The maximum Gasteiger partial charge on any atom is 0.239 e. The van der Waals surface area contributed by atoms with Crippen LogP contribution < -0.4 is 10.0 Å². The second-order valence-electron chi connectivity index (χ2n) is 7.71. The van der Waals surface area contributed by atoms with Crippen LogP contribution in [0.25, 0.3) is 0 Å². The second kappa shape index (κ2) is 10.5. The molecule has 0 amide bonds. The molecule has 9 heteroatoms. The Labute approximate surface area is 186 Å². The first-order chi connectivity index (χ1) is 14.8. The number of carbonyl (C=O) groups is 1. The van der Waals surface area contributed by atoms with Crippen molar-refractivity contribution in [1.82, 2.24) is 4.90 Å². The third kappa shape index (κ3) is 6.46. The Bertz CT molecular complexity index is 1030. The number of rotatable bonds is 9. The molecule has 2 aromatic rings. The largest absolute Gasteiger partial charge is 0.369 e. The fourth-order valence-corrected chi connectivity index (χ4v) is 5.72. The molecule has 1 aliphatic heterocycles. The van der Waals surface area contributed by atoms with Crippen molar-refractivity contribution in [3.8, 4) is 0 Å². The fraction of sp³-hybridized carbons (Fsp3) is 0.409. The minimum Gasteiger partial charge on any atom is -0.369 e. The van der Waals surface area contributed by atoms with E-state index in [9.17, 15) is 17.4 Å². The van der Waals surface area contributed by atoms with Crippen molar-refractivity contribution < 1.29 is 17.4 Å². The highest BCUT2D eigenvalue weighted by molar-refractivity contribution is 7.90. The summed E-state index contributed by atoms with van der Waals surface area (Å²) >= 11 is 0. The van der Waals surface area contributed by atoms with E-state index in [4.69, 9.17) is 5.14 Å². The molecule has 31 heavy (non-hydrogen) atoms. The van der Waals surface area contributed by atoms with Gasteiger partial charge in [0.05, 0.1) is 20.6 Å². The van der Waals surface area contributed by atoms with Crippen molar-refractivity contribution in [1.29, 1.82) is 0 Å². The van der Waals surface area contributed by atoms with Crippen molar-refractivity contribution in [3.05, 3.63) is 54.1 Å². The minimum atomic E-state index is -4.05. The van der Waals surface area contributed by atoms with Crippen LogP contribution in [0.1, 0.15) is 29.6 Å². The maximum absolute atomic E-state index is 12.5. The number of carbonyl (C=O) groups excluding carboxylic acids is 1. The first-order valence-corrected chi connectivity index (χ1v) is 13.4. The molecule has 1 aliphatic rings. The molecular weight excluding hydrogens is 434 g/mol. The Morgan fingerprint density at radius 1 is 1.03 bits per heavy atom. The monoisotopic (exact) mass is 463 g/mol. The normalized spacial score (nSPS) is 16.3. The zero-order valence-corrected chi connectivity index (χ0v) is 19.3. The number of hydrogen-bond donors (Lipinski definition) is 1. The molecular formula is C22H29N3O4S2. The summed E-state index contributed by atoms with van der Waals surface area (Å²) in [5.41, 5.74) is 1.54. The number of nitrogens with zero attached hydrogens (tertiary/aromatic N) is 2. The van der Waals surface area contributed by atoms with E-state index in [1.807, 2.05) is 6.07 Å². The van der Waals surface area contributed by atoms with Gasteiger partial charge in [-0.25, -0.2) is 13.6 Å². The predicted molar refractivity (Wildman–Crippen MR) is 123 cm³/mol. The summed E-state index contributed by atoms with van der Waals surface area (Å²) < 4.78 is 35.4. The van der Waals surface area contributed by atoms with E-state index in [1.165, 1.54) is 30.1 Å². The van der Waals surface area contributed by atoms with Crippen LogP contribution in [0.15, 0.2) is 58.3 Å². The molecule has 2 aromatic carbocycles. The third-order valence-electron chi connectivity index (χ3n) is 5.50. The van der Waals surface area contributed by atoms with Gasteiger partial charge < -0.3 is 4.90 Å². The number of anilines is 1. The first kappa shape index (κ1) is 23.6. The molecule has 1 heterocycles. The van der Waals surface area contributed by atoms with Gasteiger partial charge in [0, 0.05) is 50.1 Å². The van der Waals surface area contributed by atoms with Gasteiger partial charge in [-0.1, -0.05) is 24.3 Å². The summed E-state index contributed by atoms with van der Waals surface area (Å²) in [6.07, 6.45) is 3.34. The van der Waals surface area contributed by atoms with Crippen LogP contribution in [-0.2, 0) is 20.8 Å². The van der Waals surface area contributed by atoms with Gasteiger partial charge in [-0.2, -0.15) is 0 Å². The molecule has 0 saturated carbocycles. The van der Waals surface area contributed by atoms with Gasteiger partial charge in [-0.3, -0.25) is 13.9 Å². The summed E-state index contributed by atoms with van der Waals surface area (Å²) in [5.74, 6) is -0.132. The number of primary sulfonamides is 1. The summed E-state index contributed by atoms with van der Waals surface area (Å²) in [4.78, 5) is 17.2. The lowest BCUT2D eigenvalue weighted by molar-refractivity contribution is 0.0977. The molecule has 3 rings (SSSR count). The van der Waals surface area contributed by atoms with Crippen LogP contribution in [0.5, 0.6) is 0 Å². The number of unbranched alkanes of at least 4 members (excludes halogenated alkanes) is 1. The zero-order chi connectivity index (χ0) is 22.4. The fourth-order valence-electron chi connectivity index (χ4n) is 3.78. The Kier molecular flexibility index (Phi) is 7.99. The predicted octanol–water partition coefficient (Wildman–Crippen LogP) is 2.25. The van der Waals surface area contributed by atoms with Crippen LogP contribution in [0.3, 0.4) is 0 Å². The Hall–Kier alpha value is -2.07. The van der Waals surface area contributed by atoms with E-state index in [2.05, 4.69) is 34.1 Å². The standard InChI is InChI=1S/C22H29N3O4S2/c1-30(27)21-11-10-18(17-22(21)31(23,28)29)20(26)9-5-6-12-24-13-15-25(16-14-24)19-7-3-2-4-8-19/h2-4,7-8,10-11,17H,5-6,9,12-16H2,1H3,(H2,23,28,29). The van der Waals surface area contributed by atoms with E-state index in [-0.39, 0.29) is 21.1 Å². The van der Waals surface area contributed by atoms with Gasteiger partial charge in [-0.05, 0) is 43.7 Å². The van der Waals surface area contributed by atoms with Crippen LogP contribution >= 0.6 is 0 Å². The Morgan fingerprint density at radius 3 is 2.32 bits per heavy atom. The lowest BCUT2D eigenvalue weighted by Gasteiger charge is -2.36. The average Bonchev–Trinajstić information content (AvgIpc) is 2.76. The summed E-state index contributed by atoms with van der Waals surface area (Å²) in [7, 11) is -5.57. The van der Waals surface area contributed by atoms with Crippen LogP contribution in [0.2, 0.25) is 0 Å². The van der Waals surface area contributed by atoms with Crippen molar-refractivity contribution >= 4 is 32.3 Å². The topological polar surface area (TPSA) is 101 Å². The third-order valence-corrected chi connectivity index (χ3v) is 7.56. The van der Waals surface area contributed by atoms with Gasteiger partial charge in [0.15, 0.2) is 5.78 Å². The highest BCUT2D eigenvalue weighted by Crippen LogP contribution is 2.21. The highest BCUT2D eigenvalue weighted by Gasteiger charge is 2.20. The van der Waals surface area contributed by atoms with Crippen molar-refractivity contribution in [2.45, 2.75) is 29.1 Å². The van der Waals surface area contributed by atoms with Crippen molar-refractivity contribution in [2.24, 2.45) is 5.14 Å². The Balaban J connectivity index is 1.46. The molecule has 1 fully saturated rings. The quantitative estimate of drug-likeness (QED) is 0.452. The molecule has 2 N–H and O–H groups in total. The Morgan fingerprint density at radius 2 is 1.71 bits per heavy atom. The maximum atomic E-state index is 12.5. The van der Waals surface area contributed by atoms with Crippen molar-refractivity contribution in [2.75, 3.05) is 43.9 Å². The molecule has 0 radical (unpaired) electrons. The molecule has 1 saturated heterocycles. The molecule has 7 nitrogen and oxygen atoms in total.